The summed E-state index contributed by atoms with van der Waals surface area (Å²) >= 11 is 1.62. The average molecular weight is 276 g/mol. The van der Waals surface area contributed by atoms with Gasteiger partial charge in [-0.15, -0.1) is 11.8 Å². The summed E-state index contributed by atoms with van der Waals surface area (Å²) in [4.78, 5) is 11.9. The number of benzene rings is 2. The highest BCUT2D eigenvalue weighted by Gasteiger charge is 2.08. The number of carbonyl (C=O) groups is 1. The minimum atomic E-state index is -0.505. The summed E-state index contributed by atoms with van der Waals surface area (Å²) in [7, 11) is 0. The molecule has 98 valence electrons. The molecule has 0 aliphatic heterocycles. The molecule has 2 nitrogen and oxygen atoms in total. The zero-order chi connectivity index (χ0) is 13.5. The molecule has 2 rings (SSSR count). The predicted octanol–water partition coefficient (Wildman–Crippen LogP) is 3.81. The minimum Gasteiger partial charge on any atom is -0.489 e. The summed E-state index contributed by atoms with van der Waals surface area (Å²) in [6.45, 7) is 0.349. The molecule has 0 amide bonds. The molecule has 0 bridgehead atoms. The van der Waals surface area contributed by atoms with Crippen LogP contribution in [0.1, 0.15) is 10.4 Å². The Bertz CT molecular complexity index is 543. The molecule has 0 fully saturated rings. The van der Waals surface area contributed by atoms with Gasteiger partial charge in [-0.3, -0.25) is 4.79 Å². The van der Waals surface area contributed by atoms with Gasteiger partial charge in [0.2, 0.25) is 0 Å². The Morgan fingerprint density at radius 1 is 1.11 bits per heavy atom. The SMILES string of the molecule is O=Cc1cccc(F)c1OCCSc1ccccc1. The van der Waals surface area contributed by atoms with Gasteiger partial charge in [0, 0.05) is 10.6 Å². The highest BCUT2D eigenvalue weighted by molar-refractivity contribution is 7.99. The zero-order valence-electron chi connectivity index (χ0n) is 10.2. The summed E-state index contributed by atoms with van der Waals surface area (Å²) in [5.74, 6) is 0.219. The maximum atomic E-state index is 13.5. The van der Waals surface area contributed by atoms with Crippen LogP contribution in [0.3, 0.4) is 0 Å². The Morgan fingerprint density at radius 3 is 2.63 bits per heavy atom. The topological polar surface area (TPSA) is 26.3 Å². The Morgan fingerprint density at radius 2 is 1.89 bits per heavy atom. The number of carbonyl (C=O) groups excluding carboxylic acids is 1. The van der Waals surface area contributed by atoms with Crippen molar-refractivity contribution in [1.82, 2.24) is 0 Å². The lowest BCUT2D eigenvalue weighted by molar-refractivity contribution is 0.111. The van der Waals surface area contributed by atoms with Crippen molar-refractivity contribution in [2.45, 2.75) is 4.90 Å². The molecule has 0 radical (unpaired) electrons. The van der Waals surface area contributed by atoms with Crippen LogP contribution in [0.4, 0.5) is 4.39 Å². The first-order valence-corrected chi connectivity index (χ1v) is 6.84. The van der Waals surface area contributed by atoms with Crippen molar-refractivity contribution < 1.29 is 13.9 Å². The summed E-state index contributed by atoms with van der Waals surface area (Å²) in [5, 5.41) is 0. The molecule has 0 unspecified atom stereocenters. The maximum absolute atomic E-state index is 13.5. The molecule has 0 atom stereocenters. The molecule has 0 saturated heterocycles. The molecule has 0 spiro atoms. The molecule has 2 aromatic carbocycles. The smallest absolute Gasteiger partial charge is 0.165 e. The summed E-state index contributed by atoms with van der Waals surface area (Å²) in [6.07, 6.45) is 0.600. The number of para-hydroxylation sites is 1. The first-order chi connectivity index (χ1) is 9.31. The number of aldehydes is 1. The summed E-state index contributed by atoms with van der Waals surface area (Å²) < 4.78 is 18.9. The molecule has 0 aromatic heterocycles. The fourth-order valence-electron chi connectivity index (χ4n) is 1.59. The highest BCUT2D eigenvalue weighted by Crippen LogP contribution is 2.22. The first kappa shape index (κ1) is 13.6. The fraction of sp³-hybridized carbons (Fsp3) is 0.133. The van der Waals surface area contributed by atoms with E-state index >= 15 is 0 Å². The number of hydrogen-bond donors (Lipinski definition) is 0. The lowest BCUT2D eigenvalue weighted by Crippen LogP contribution is -2.04. The molecule has 0 aliphatic carbocycles. The van der Waals surface area contributed by atoms with Crippen molar-refractivity contribution in [1.29, 1.82) is 0 Å². The second-order valence-electron chi connectivity index (χ2n) is 3.79. The monoisotopic (exact) mass is 276 g/mol. The van der Waals surface area contributed by atoms with E-state index in [9.17, 15) is 9.18 Å². The summed E-state index contributed by atoms with van der Waals surface area (Å²) in [6, 6.07) is 14.2. The Kier molecular flexibility index (Phi) is 4.98. The van der Waals surface area contributed by atoms with Gasteiger partial charge >= 0.3 is 0 Å². The van der Waals surface area contributed by atoms with Crippen molar-refractivity contribution >= 4 is 18.0 Å². The molecule has 2 aromatic rings. The summed E-state index contributed by atoms with van der Waals surface area (Å²) in [5.41, 5.74) is 0.240. The van der Waals surface area contributed by atoms with Crippen molar-refractivity contribution in [2.24, 2.45) is 0 Å². The van der Waals surface area contributed by atoms with Crippen LogP contribution in [0.5, 0.6) is 5.75 Å². The van der Waals surface area contributed by atoms with E-state index in [1.54, 1.807) is 11.8 Å². The van der Waals surface area contributed by atoms with Crippen LogP contribution >= 0.6 is 11.8 Å². The van der Waals surface area contributed by atoms with Gasteiger partial charge < -0.3 is 4.74 Å². The van der Waals surface area contributed by atoms with Gasteiger partial charge in [0.15, 0.2) is 17.9 Å². The van der Waals surface area contributed by atoms with Crippen LogP contribution in [-0.4, -0.2) is 18.6 Å². The molecule has 4 heteroatoms. The van der Waals surface area contributed by atoms with Crippen LogP contribution in [-0.2, 0) is 0 Å². The lowest BCUT2D eigenvalue weighted by atomic mass is 10.2. The van der Waals surface area contributed by atoms with E-state index in [1.807, 2.05) is 30.3 Å². The van der Waals surface area contributed by atoms with Crippen LogP contribution in [0.25, 0.3) is 0 Å². The van der Waals surface area contributed by atoms with E-state index in [4.69, 9.17) is 4.74 Å². The highest BCUT2D eigenvalue weighted by atomic mass is 32.2. The van der Waals surface area contributed by atoms with Crippen molar-refractivity contribution in [3.05, 3.63) is 59.9 Å². The van der Waals surface area contributed by atoms with Gasteiger partial charge in [-0.25, -0.2) is 4.39 Å². The number of halogens is 1. The quantitative estimate of drug-likeness (QED) is 0.456. The second kappa shape index (κ2) is 6.95. The van der Waals surface area contributed by atoms with E-state index in [0.717, 1.165) is 4.90 Å². The van der Waals surface area contributed by atoms with Gasteiger partial charge in [0.1, 0.15) is 0 Å². The Hall–Kier alpha value is -1.81. The molecule has 0 saturated carbocycles. The van der Waals surface area contributed by atoms with Gasteiger partial charge in [-0.05, 0) is 24.3 Å². The van der Waals surface area contributed by atoms with Gasteiger partial charge in [0.25, 0.3) is 0 Å². The third-order valence-electron chi connectivity index (χ3n) is 2.47. The Labute approximate surface area is 115 Å². The predicted molar refractivity (Wildman–Crippen MR) is 74.4 cm³/mol. The molecule has 0 heterocycles. The number of hydrogen-bond acceptors (Lipinski definition) is 3. The van der Waals surface area contributed by atoms with Gasteiger partial charge in [-0.2, -0.15) is 0 Å². The molecule has 0 N–H and O–H groups in total. The van der Waals surface area contributed by atoms with Gasteiger partial charge in [0.05, 0.1) is 12.2 Å². The largest absolute Gasteiger partial charge is 0.489 e. The second-order valence-corrected chi connectivity index (χ2v) is 4.95. The van der Waals surface area contributed by atoms with E-state index in [0.29, 0.717) is 18.6 Å². The zero-order valence-corrected chi connectivity index (χ0v) is 11.0. The Balaban J connectivity index is 1.88. The van der Waals surface area contributed by atoms with Crippen molar-refractivity contribution in [3.63, 3.8) is 0 Å². The maximum Gasteiger partial charge on any atom is 0.165 e. The van der Waals surface area contributed by atoms with E-state index in [1.165, 1.54) is 18.2 Å². The number of ether oxygens (including phenoxy) is 1. The van der Waals surface area contributed by atoms with Gasteiger partial charge in [-0.1, -0.05) is 24.3 Å². The normalized spacial score (nSPS) is 10.2. The number of thioether (sulfide) groups is 1. The minimum absolute atomic E-state index is 0.0335. The van der Waals surface area contributed by atoms with E-state index < -0.39 is 5.82 Å². The van der Waals surface area contributed by atoms with Crippen LogP contribution in [0.2, 0.25) is 0 Å². The van der Waals surface area contributed by atoms with Crippen LogP contribution < -0.4 is 4.74 Å². The lowest BCUT2D eigenvalue weighted by Gasteiger charge is -2.09. The van der Waals surface area contributed by atoms with Crippen molar-refractivity contribution in [3.8, 4) is 5.75 Å². The first-order valence-electron chi connectivity index (χ1n) is 5.85. The van der Waals surface area contributed by atoms with Crippen LogP contribution in [0, 0.1) is 5.82 Å². The fourth-order valence-corrected chi connectivity index (χ4v) is 2.34. The van der Waals surface area contributed by atoms with E-state index in [2.05, 4.69) is 0 Å². The van der Waals surface area contributed by atoms with Crippen LogP contribution in [0.15, 0.2) is 53.4 Å². The molecular formula is C15H13FO2S. The third kappa shape index (κ3) is 3.83. The number of rotatable bonds is 6. The molecule has 19 heavy (non-hydrogen) atoms. The van der Waals surface area contributed by atoms with Crippen molar-refractivity contribution in [2.75, 3.05) is 12.4 Å². The molecular weight excluding hydrogens is 263 g/mol. The molecule has 0 aliphatic rings. The standard InChI is InChI=1S/C15H13FO2S/c16-14-8-4-5-12(11-17)15(14)18-9-10-19-13-6-2-1-3-7-13/h1-8,11H,9-10H2. The van der Waals surface area contributed by atoms with E-state index in [-0.39, 0.29) is 11.3 Å². The third-order valence-corrected chi connectivity index (χ3v) is 3.44. The average Bonchev–Trinajstić information content (AvgIpc) is 2.46.